The molecule has 2 nitrogen and oxygen atoms in total. The molecule has 0 saturated heterocycles. The molecule has 1 atom stereocenters. The van der Waals surface area contributed by atoms with Crippen LogP contribution in [0.3, 0.4) is 0 Å². The third-order valence-electron chi connectivity index (χ3n) is 3.64. The molecule has 86 valence electrons. The van der Waals surface area contributed by atoms with E-state index in [0.717, 1.165) is 31.2 Å². The van der Waals surface area contributed by atoms with E-state index in [1.807, 2.05) is 30.3 Å². The first-order valence-electron chi connectivity index (χ1n) is 5.99. The first-order chi connectivity index (χ1) is 7.79. The lowest BCUT2D eigenvalue weighted by atomic mass is 9.74. The standard InChI is InChI=1S/C14H18O2/c15-11-14(12-7-3-1-4-8-12)10-6-2-5-9-13(14)16/h1,3-4,7-8,15H,2,5-6,9-11H2/t14-/m0/s1. The summed E-state index contributed by atoms with van der Waals surface area (Å²) in [6.45, 7) is -0.0597. The number of aliphatic hydroxyl groups is 1. The van der Waals surface area contributed by atoms with Crippen molar-refractivity contribution in [3.05, 3.63) is 35.9 Å². The SMILES string of the molecule is O=C1CCCCC[C@]1(CO)c1ccccc1. The second-order valence-corrected chi connectivity index (χ2v) is 4.59. The quantitative estimate of drug-likeness (QED) is 0.774. The summed E-state index contributed by atoms with van der Waals surface area (Å²) in [6, 6.07) is 9.73. The van der Waals surface area contributed by atoms with Gasteiger partial charge >= 0.3 is 0 Å². The van der Waals surface area contributed by atoms with Crippen molar-refractivity contribution >= 4 is 5.78 Å². The maximum Gasteiger partial charge on any atom is 0.145 e. The Kier molecular flexibility index (Phi) is 3.39. The van der Waals surface area contributed by atoms with Crippen molar-refractivity contribution in [2.75, 3.05) is 6.61 Å². The van der Waals surface area contributed by atoms with Crippen molar-refractivity contribution < 1.29 is 9.90 Å². The van der Waals surface area contributed by atoms with Gasteiger partial charge in [-0.25, -0.2) is 0 Å². The third-order valence-corrected chi connectivity index (χ3v) is 3.64. The molecule has 0 heterocycles. The predicted octanol–water partition coefficient (Wildman–Crippen LogP) is 2.45. The molecule has 0 unspecified atom stereocenters. The summed E-state index contributed by atoms with van der Waals surface area (Å²) >= 11 is 0. The van der Waals surface area contributed by atoms with Crippen LogP contribution in [-0.2, 0) is 10.2 Å². The highest BCUT2D eigenvalue weighted by molar-refractivity contribution is 5.90. The van der Waals surface area contributed by atoms with Crippen molar-refractivity contribution in [1.82, 2.24) is 0 Å². The maximum atomic E-state index is 12.2. The van der Waals surface area contributed by atoms with E-state index in [1.54, 1.807) is 0 Å². The molecule has 2 heteroatoms. The van der Waals surface area contributed by atoms with Crippen LogP contribution in [0.15, 0.2) is 30.3 Å². The Balaban J connectivity index is 2.40. The molecule has 0 bridgehead atoms. The molecule has 1 aliphatic rings. The largest absolute Gasteiger partial charge is 0.395 e. The van der Waals surface area contributed by atoms with Crippen molar-refractivity contribution in [2.24, 2.45) is 0 Å². The maximum absolute atomic E-state index is 12.2. The lowest BCUT2D eigenvalue weighted by molar-refractivity contribution is -0.126. The fourth-order valence-corrected chi connectivity index (χ4v) is 2.59. The summed E-state index contributed by atoms with van der Waals surface area (Å²) in [5.41, 5.74) is 0.349. The van der Waals surface area contributed by atoms with Gasteiger partial charge in [0.2, 0.25) is 0 Å². The number of hydrogen-bond donors (Lipinski definition) is 1. The summed E-state index contributed by atoms with van der Waals surface area (Å²) in [5, 5.41) is 9.67. The van der Waals surface area contributed by atoms with Crippen molar-refractivity contribution in [3.63, 3.8) is 0 Å². The molecular weight excluding hydrogens is 200 g/mol. The molecule has 0 spiro atoms. The van der Waals surface area contributed by atoms with Gasteiger partial charge in [-0.1, -0.05) is 43.2 Å². The number of ketones is 1. The molecule has 16 heavy (non-hydrogen) atoms. The number of rotatable bonds is 2. The van der Waals surface area contributed by atoms with E-state index >= 15 is 0 Å². The average Bonchev–Trinajstić information content (AvgIpc) is 2.53. The topological polar surface area (TPSA) is 37.3 Å². The van der Waals surface area contributed by atoms with Crippen LogP contribution in [0, 0.1) is 0 Å². The first kappa shape index (κ1) is 11.3. The number of carbonyl (C=O) groups excluding carboxylic acids is 1. The lowest BCUT2D eigenvalue weighted by Gasteiger charge is -2.29. The third kappa shape index (κ3) is 1.90. The minimum atomic E-state index is -0.627. The predicted molar refractivity (Wildman–Crippen MR) is 63.3 cm³/mol. The van der Waals surface area contributed by atoms with Crippen molar-refractivity contribution in [3.8, 4) is 0 Å². The zero-order valence-corrected chi connectivity index (χ0v) is 9.48. The Morgan fingerprint density at radius 1 is 1.12 bits per heavy atom. The Labute approximate surface area is 96.3 Å². The number of hydrogen-bond acceptors (Lipinski definition) is 2. The monoisotopic (exact) mass is 218 g/mol. The van der Waals surface area contributed by atoms with E-state index in [4.69, 9.17) is 0 Å². The number of benzene rings is 1. The smallest absolute Gasteiger partial charge is 0.145 e. The van der Waals surface area contributed by atoms with E-state index in [2.05, 4.69) is 0 Å². The second-order valence-electron chi connectivity index (χ2n) is 4.59. The fourth-order valence-electron chi connectivity index (χ4n) is 2.59. The molecule has 0 aromatic heterocycles. The van der Waals surface area contributed by atoms with Crippen molar-refractivity contribution in [2.45, 2.75) is 37.5 Å². The molecule has 1 fully saturated rings. The highest BCUT2D eigenvalue weighted by atomic mass is 16.3. The van der Waals surface area contributed by atoms with Crippen LogP contribution in [0.1, 0.15) is 37.7 Å². The van der Waals surface area contributed by atoms with Gasteiger partial charge in [-0.3, -0.25) is 4.79 Å². The van der Waals surface area contributed by atoms with Gasteiger partial charge < -0.3 is 5.11 Å². The summed E-state index contributed by atoms with van der Waals surface area (Å²) in [7, 11) is 0. The van der Waals surface area contributed by atoms with Crippen LogP contribution < -0.4 is 0 Å². The van der Waals surface area contributed by atoms with Crippen LogP contribution in [0.5, 0.6) is 0 Å². The van der Waals surface area contributed by atoms with Gasteiger partial charge in [0, 0.05) is 6.42 Å². The highest BCUT2D eigenvalue weighted by Crippen LogP contribution is 2.35. The summed E-state index contributed by atoms with van der Waals surface area (Å²) < 4.78 is 0. The van der Waals surface area contributed by atoms with Gasteiger partial charge in [-0.2, -0.15) is 0 Å². The molecule has 1 saturated carbocycles. The lowest BCUT2D eigenvalue weighted by Crippen LogP contribution is -2.38. The number of carbonyl (C=O) groups is 1. The van der Waals surface area contributed by atoms with E-state index in [1.165, 1.54) is 0 Å². The molecule has 1 aliphatic carbocycles. The van der Waals surface area contributed by atoms with Gasteiger partial charge in [-0.15, -0.1) is 0 Å². The Morgan fingerprint density at radius 2 is 1.88 bits per heavy atom. The van der Waals surface area contributed by atoms with Crippen LogP contribution in [0.4, 0.5) is 0 Å². The highest BCUT2D eigenvalue weighted by Gasteiger charge is 2.39. The number of Topliss-reactive ketones (excluding diaryl/α,β-unsaturated/α-hetero) is 1. The number of aliphatic hydroxyl groups excluding tert-OH is 1. The Bertz CT molecular complexity index is 358. The summed E-state index contributed by atoms with van der Waals surface area (Å²) in [6.07, 6.45) is 4.48. The van der Waals surface area contributed by atoms with E-state index in [0.29, 0.717) is 6.42 Å². The molecule has 0 radical (unpaired) electrons. The molecule has 1 aromatic carbocycles. The van der Waals surface area contributed by atoms with Crippen LogP contribution >= 0.6 is 0 Å². The minimum absolute atomic E-state index is 0.0597. The van der Waals surface area contributed by atoms with E-state index < -0.39 is 5.41 Å². The molecule has 0 aliphatic heterocycles. The van der Waals surface area contributed by atoms with Gasteiger partial charge in [0.25, 0.3) is 0 Å². The van der Waals surface area contributed by atoms with Crippen LogP contribution in [0.25, 0.3) is 0 Å². The van der Waals surface area contributed by atoms with E-state index in [9.17, 15) is 9.90 Å². The van der Waals surface area contributed by atoms with E-state index in [-0.39, 0.29) is 12.4 Å². The zero-order valence-electron chi connectivity index (χ0n) is 9.48. The van der Waals surface area contributed by atoms with Crippen LogP contribution in [-0.4, -0.2) is 17.5 Å². The normalized spacial score (nSPS) is 26.4. The molecule has 0 amide bonds. The van der Waals surface area contributed by atoms with Gasteiger partial charge in [0.1, 0.15) is 5.78 Å². The molecule has 1 N–H and O–H groups in total. The van der Waals surface area contributed by atoms with Crippen LogP contribution in [0.2, 0.25) is 0 Å². The summed E-state index contributed by atoms with van der Waals surface area (Å²) in [5.74, 6) is 0.207. The zero-order chi connectivity index (χ0) is 11.4. The fraction of sp³-hybridized carbons (Fsp3) is 0.500. The molecule has 2 rings (SSSR count). The molecule has 1 aromatic rings. The minimum Gasteiger partial charge on any atom is -0.395 e. The van der Waals surface area contributed by atoms with Crippen molar-refractivity contribution in [1.29, 1.82) is 0 Å². The second kappa shape index (κ2) is 4.79. The average molecular weight is 218 g/mol. The molecular formula is C14H18O2. The van der Waals surface area contributed by atoms with Gasteiger partial charge in [-0.05, 0) is 18.4 Å². The van der Waals surface area contributed by atoms with Gasteiger partial charge in [0.15, 0.2) is 0 Å². The first-order valence-corrected chi connectivity index (χ1v) is 5.99. The Morgan fingerprint density at radius 3 is 2.56 bits per heavy atom. The summed E-state index contributed by atoms with van der Waals surface area (Å²) in [4.78, 5) is 12.2. The Hall–Kier alpha value is -1.15. The van der Waals surface area contributed by atoms with Gasteiger partial charge in [0.05, 0.1) is 12.0 Å².